The molecule has 0 spiro atoms. The summed E-state index contributed by atoms with van der Waals surface area (Å²) >= 11 is 0. The largest absolute Gasteiger partial charge is 0.433 e. The Labute approximate surface area is 129 Å². The van der Waals surface area contributed by atoms with E-state index in [4.69, 9.17) is 5.73 Å². The van der Waals surface area contributed by atoms with Gasteiger partial charge >= 0.3 is 6.18 Å². The Morgan fingerprint density at radius 1 is 1.30 bits per heavy atom. The van der Waals surface area contributed by atoms with Crippen LogP contribution in [0.4, 0.5) is 24.8 Å². The van der Waals surface area contributed by atoms with Gasteiger partial charge in [0.15, 0.2) is 5.78 Å². The second-order valence-electron chi connectivity index (χ2n) is 5.41. The molecule has 9 heteroatoms. The highest BCUT2D eigenvalue weighted by molar-refractivity contribution is 5.99. The number of halogens is 3. The van der Waals surface area contributed by atoms with Crippen molar-refractivity contribution in [2.24, 2.45) is 7.05 Å². The number of nitrogens with zero attached hydrogens (tertiary/aromatic N) is 4. The number of carbonyl (C=O) groups is 1. The number of anilines is 2. The van der Waals surface area contributed by atoms with Gasteiger partial charge in [-0.15, -0.1) is 0 Å². The molecule has 0 aliphatic carbocycles. The van der Waals surface area contributed by atoms with E-state index in [9.17, 15) is 18.0 Å². The van der Waals surface area contributed by atoms with Crippen LogP contribution in [0, 0.1) is 0 Å². The van der Waals surface area contributed by atoms with E-state index in [-0.39, 0.29) is 30.3 Å². The van der Waals surface area contributed by atoms with Gasteiger partial charge in [-0.1, -0.05) is 0 Å². The SMILES string of the molecule is CC(=O)c1ccc(C(F)(F)F)nc1N1Cc2nn(C)c(N)c2C1. The molecule has 0 saturated heterocycles. The predicted molar refractivity (Wildman–Crippen MR) is 76.8 cm³/mol. The van der Waals surface area contributed by atoms with Crippen LogP contribution in [-0.4, -0.2) is 20.5 Å². The molecule has 6 nitrogen and oxygen atoms in total. The highest BCUT2D eigenvalue weighted by Gasteiger charge is 2.35. The zero-order valence-electron chi connectivity index (χ0n) is 12.5. The van der Waals surface area contributed by atoms with E-state index in [2.05, 4.69) is 10.1 Å². The van der Waals surface area contributed by atoms with Gasteiger partial charge in [0.05, 0.1) is 24.3 Å². The number of rotatable bonds is 2. The first kappa shape index (κ1) is 15.3. The van der Waals surface area contributed by atoms with Crippen LogP contribution in [0.25, 0.3) is 0 Å². The summed E-state index contributed by atoms with van der Waals surface area (Å²) < 4.78 is 40.2. The summed E-state index contributed by atoms with van der Waals surface area (Å²) in [4.78, 5) is 17.0. The van der Waals surface area contributed by atoms with Gasteiger partial charge in [-0.25, -0.2) is 4.98 Å². The Morgan fingerprint density at radius 3 is 2.57 bits per heavy atom. The average Bonchev–Trinajstić information content (AvgIpc) is 2.98. The lowest BCUT2D eigenvalue weighted by Gasteiger charge is -2.21. The fraction of sp³-hybridized carbons (Fsp3) is 0.357. The number of nitrogen functional groups attached to an aromatic ring is 1. The van der Waals surface area contributed by atoms with Crippen molar-refractivity contribution >= 4 is 17.4 Å². The molecule has 1 aliphatic heterocycles. The maximum absolute atomic E-state index is 12.9. The van der Waals surface area contributed by atoms with Gasteiger partial charge in [-0.05, 0) is 19.1 Å². The van der Waals surface area contributed by atoms with Crippen molar-refractivity contribution < 1.29 is 18.0 Å². The molecule has 0 amide bonds. The number of hydrogen-bond acceptors (Lipinski definition) is 5. The van der Waals surface area contributed by atoms with E-state index >= 15 is 0 Å². The van der Waals surface area contributed by atoms with Gasteiger partial charge in [0.25, 0.3) is 0 Å². The number of alkyl halides is 3. The number of nitrogens with two attached hydrogens (primary N) is 1. The van der Waals surface area contributed by atoms with Gasteiger partial charge in [0.1, 0.15) is 17.3 Å². The van der Waals surface area contributed by atoms with Crippen molar-refractivity contribution in [1.29, 1.82) is 0 Å². The second-order valence-corrected chi connectivity index (χ2v) is 5.41. The molecule has 0 fully saturated rings. The Balaban J connectivity index is 2.04. The Morgan fingerprint density at radius 2 is 2.00 bits per heavy atom. The van der Waals surface area contributed by atoms with Crippen LogP contribution in [0.2, 0.25) is 0 Å². The van der Waals surface area contributed by atoms with Crippen LogP contribution in [-0.2, 0) is 26.3 Å². The maximum Gasteiger partial charge on any atom is 0.433 e. The van der Waals surface area contributed by atoms with E-state index in [1.165, 1.54) is 11.6 Å². The highest BCUT2D eigenvalue weighted by atomic mass is 19.4. The fourth-order valence-electron chi connectivity index (χ4n) is 2.64. The topological polar surface area (TPSA) is 77.0 Å². The summed E-state index contributed by atoms with van der Waals surface area (Å²) in [6.07, 6.45) is -4.57. The maximum atomic E-state index is 12.9. The summed E-state index contributed by atoms with van der Waals surface area (Å²) in [6.45, 7) is 1.82. The van der Waals surface area contributed by atoms with E-state index in [0.29, 0.717) is 11.5 Å². The molecule has 0 atom stereocenters. The standard InChI is InChI=1S/C14H14F3N5O/c1-7(23)8-3-4-11(14(15,16)17)19-13(8)22-5-9-10(6-22)20-21(2)12(9)18/h3-4H,5-6,18H2,1-2H3. The van der Waals surface area contributed by atoms with Crippen LogP contribution in [0.15, 0.2) is 12.1 Å². The zero-order valence-corrected chi connectivity index (χ0v) is 12.5. The molecule has 122 valence electrons. The highest BCUT2D eigenvalue weighted by Crippen LogP contribution is 2.35. The smallest absolute Gasteiger partial charge is 0.384 e. The molecule has 0 bridgehead atoms. The first-order chi connectivity index (χ1) is 10.7. The lowest BCUT2D eigenvalue weighted by atomic mass is 10.1. The minimum absolute atomic E-state index is 0.00683. The van der Waals surface area contributed by atoms with Crippen LogP contribution in [0.3, 0.4) is 0 Å². The lowest BCUT2D eigenvalue weighted by molar-refractivity contribution is -0.141. The fourth-order valence-corrected chi connectivity index (χ4v) is 2.64. The Bertz CT molecular complexity index is 796. The third-order valence-electron chi connectivity index (χ3n) is 3.81. The van der Waals surface area contributed by atoms with Crippen molar-refractivity contribution in [3.63, 3.8) is 0 Å². The Kier molecular flexibility index (Phi) is 3.31. The summed E-state index contributed by atoms with van der Waals surface area (Å²) in [7, 11) is 1.70. The minimum atomic E-state index is -4.57. The monoisotopic (exact) mass is 325 g/mol. The van der Waals surface area contributed by atoms with E-state index < -0.39 is 11.9 Å². The van der Waals surface area contributed by atoms with Gasteiger partial charge < -0.3 is 10.6 Å². The molecule has 2 N–H and O–H groups in total. The van der Waals surface area contributed by atoms with Gasteiger partial charge in [0, 0.05) is 12.6 Å². The van der Waals surface area contributed by atoms with Crippen LogP contribution < -0.4 is 10.6 Å². The molecule has 2 aromatic rings. The molecular formula is C14H14F3N5O. The number of fused-ring (bicyclic) bond motifs is 1. The number of aryl methyl sites for hydroxylation is 1. The average molecular weight is 325 g/mol. The summed E-state index contributed by atoms with van der Waals surface area (Å²) in [5.74, 6) is 0.116. The quantitative estimate of drug-likeness (QED) is 0.856. The summed E-state index contributed by atoms with van der Waals surface area (Å²) in [6, 6.07) is 1.98. The van der Waals surface area contributed by atoms with Crippen LogP contribution in [0.1, 0.15) is 34.2 Å². The molecular weight excluding hydrogens is 311 g/mol. The number of Topliss-reactive ketones (excluding diaryl/α,β-unsaturated/α-hetero) is 1. The second kappa shape index (κ2) is 4.97. The number of hydrogen-bond donors (Lipinski definition) is 1. The van der Waals surface area contributed by atoms with E-state index in [1.807, 2.05) is 0 Å². The van der Waals surface area contributed by atoms with Crippen molar-refractivity contribution in [1.82, 2.24) is 14.8 Å². The van der Waals surface area contributed by atoms with Crippen molar-refractivity contribution in [3.8, 4) is 0 Å². The first-order valence-electron chi connectivity index (χ1n) is 6.83. The molecule has 3 heterocycles. The molecule has 23 heavy (non-hydrogen) atoms. The first-order valence-corrected chi connectivity index (χ1v) is 6.83. The summed E-state index contributed by atoms with van der Waals surface area (Å²) in [5, 5.41) is 4.23. The molecule has 0 unspecified atom stereocenters. The number of ketones is 1. The van der Waals surface area contributed by atoms with Crippen molar-refractivity contribution in [2.75, 3.05) is 10.6 Å². The third-order valence-corrected chi connectivity index (χ3v) is 3.81. The van der Waals surface area contributed by atoms with Gasteiger partial charge in [-0.2, -0.15) is 18.3 Å². The van der Waals surface area contributed by atoms with Gasteiger partial charge in [-0.3, -0.25) is 9.48 Å². The minimum Gasteiger partial charge on any atom is -0.384 e. The third kappa shape index (κ3) is 2.51. The molecule has 0 aromatic carbocycles. The van der Waals surface area contributed by atoms with Crippen LogP contribution in [0.5, 0.6) is 0 Å². The molecule has 3 rings (SSSR count). The number of pyridine rings is 1. The van der Waals surface area contributed by atoms with E-state index in [1.54, 1.807) is 11.9 Å². The molecule has 2 aromatic heterocycles. The lowest BCUT2D eigenvalue weighted by Crippen LogP contribution is -2.22. The zero-order chi connectivity index (χ0) is 16.9. The molecule has 1 aliphatic rings. The molecule has 0 radical (unpaired) electrons. The Hall–Kier alpha value is -2.58. The number of aromatic nitrogens is 3. The van der Waals surface area contributed by atoms with Crippen molar-refractivity contribution in [3.05, 3.63) is 34.6 Å². The predicted octanol–water partition coefficient (Wildman–Crippen LogP) is 2.14. The van der Waals surface area contributed by atoms with Crippen molar-refractivity contribution in [2.45, 2.75) is 26.2 Å². The normalized spacial score (nSPS) is 14.2. The number of carbonyl (C=O) groups excluding carboxylic acids is 1. The summed E-state index contributed by atoms with van der Waals surface area (Å²) in [5.41, 5.74) is 6.44. The molecule has 0 saturated carbocycles. The van der Waals surface area contributed by atoms with Gasteiger partial charge in [0.2, 0.25) is 0 Å². The van der Waals surface area contributed by atoms with E-state index in [0.717, 1.165) is 17.7 Å². The van der Waals surface area contributed by atoms with Crippen LogP contribution >= 0.6 is 0 Å².